The number of rotatable bonds is 4. The van der Waals surface area contributed by atoms with Gasteiger partial charge in [0.2, 0.25) is 0 Å². The first-order valence-electron chi connectivity index (χ1n) is 8.02. The molecular weight excluding hydrogens is 298 g/mol. The second kappa shape index (κ2) is 5.85. The number of aliphatic carboxylic acids is 1. The number of aryl methyl sites for hydroxylation is 1. The summed E-state index contributed by atoms with van der Waals surface area (Å²) in [7, 11) is 0. The van der Waals surface area contributed by atoms with Gasteiger partial charge < -0.3 is 10.1 Å². The van der Waals surface area contributed by atoms with Crippen LogP contribution in [-0.4, -0.2) is 16.1 Å². The first kappa shape index (κ1) is 14.5. The number of carbonyl (C=O) groups is 1. The molecule has 1 aromatic heterocycles. The zero-order valence-corrected chi connectivity index (χ0v) is 13.1. The standard InChI is InChI=1S/C21H17NO2/c23-21(24)10-6-14-5-9-19-18(11-14)13-20(22-19)17-8-7-15-3-1-2-4-16(15)12-17/h1-5,7-9,11-13,22H,6,10H2,(H,23,24). The second-order valence-electron chi connectivity index (χ2n) is 6.06. The molecule has 0 aliphatic carbocycles. The number of carboxylic acids is 1. The van der Waals surface area contributed by atoms with Crippen LogP contribution in [0, 0.1) is 0 Å². The summed E-state index contributed by atoms with van der Waals surface area (Å²) in [5.74, 6) is -0.763. The van der Waals surface area contributed by atoms with Gasteiger partial charge in [0.25, 0.3) is 0 Å². The Bertz CT molecular complexity index is 1050. The molecule has 4 rings (SSSR count). The minimum absolute atomic E-state index is 0.160. The van der Waals surface area contributed by atoms with Crippen LogP contribution in [0.25, 0.3) is 32.9 Å². The fourth-order valence-electron chi connectivity index (χ4n) is 3.10. The molecule has 118 valence electrons. The molecule has 0 unspecified atom stereocenters. The third kappa shape index (κ3) is 2.76. The van der Waals surface area contributed by atoms with Crippen molar-refractivity contribution in [3.63, 3.8) is 0 Å². The number of nitrogens with one attached hydrogen (secondary N) is 1. The van der Waals surface area contributed by atoms with Crippen LogP contribution in [0.4, 0.5) is 0 Å². The molecule has 0 fully saturated rings. The molecule has 3 nitrogen and oxygen atoms in total. The van der Waals surface area contributed by atoms with Crippen molar-refractivity contribution in [3.8, 4) is 11.3 Å². The first-order valence-corrected chi connectivity index (χ1v) is 8.02. The molecule has 24 heavy (non-hydrogen) atoms. The van der Waals surface area contributed by atoms with E-state index in [9.17, 15) is 4.79 Å². The van der Waals surface area contributed by atoms with Gasteiger partial charge in [-0.05, 0) is 52.6 Å². The van der Waals surface area contributed by atoms with Crippen molar-refractivity contribution in [2.75, 3.05) is 0 Å². The maximum absolute atomic E-state index is 10.7. The molecule has 0 saturated carbocycles. The third-order valence-electron chi connectivity index (χ3n) is 4.37. The fraction of sp³-hybridized carbons (Fsp3) is 0.0952. The molecule has 0 amide bonds. The Morgan fingerprint density at radius 1 is 0.875 bits per heavy atom. The van der Waals surface area contributed by atoms with Crippen molar-refractivity contribution in [1.29, 1.82) is 0 Å². The van der Waals surface area contributed by atoms with E-state index < -0.39 is 5.97 Å². The number of hydrogen-bond acceptors (Lipinski definition) is 1. The number of fused-ring (bicyclic) bond motifs is 2. The van der Waals surface area contributed by atoms with E-state index >= 15 is 0 Å². The van der Waals surface area contributed by atoms with Gasteiger partial charge in [-0.2, -0.15) is 0 Å². The van der Waals surface area contributed by atoms with Gasteiger partial charge in [0.05, 0.1) is 0 Å². The zero-order valence-electron chi connectivity index (χ0n) is 13.1. The molecule has 0 aliphatic heterocycles. The first-order chi connectivity index (χ1) is 11.7. The van der Waals surface area contributed by atoms with Crippen molar-refractivity contribution in [2.45, 2.75) is 12.8 Å². The Kier molecular flexibility index (Phi) is 3.54. The van der Waals surface area contributed by atoms with Crippen molar-refractivity contribution in [2.24, 2.45) is 0 Å². The van der Waals surface area contributed by atoms with Crippen LogP contribution in [0.5, 0.6) is 0 Å². The topological polar surface area (TPSA) is 53.1 Å². The van der Waals surface area contributed by atoms with E-state index in [1.807, 2.05) is 24.3 Å². The van der Waals surface area contributed by atoms with Crippen LogP contribution >= 0.6 is 0 Å². The van der Waals surface area contributed by atoms with Crippen molar-refractivity contribution >= 4 is 27.6 Å². The zero-order chi connectivity index (χ0) is 16.5. The molecule has 2 N–H and O–H groups in total. The summed E-state index contributed by atoms with van der Waals surface area (Å²) in [5.41, 5.74) is 4.34. The van der Waals surface area contributed by atoms with E-state index in [2.05, 4.69) is 47.4 Å². The molecule has 0 bridgehead atoms. The maximum atomic E-state index is 10.7. The predicted molar refractivity (Wildman–Crippen MR) is 97.2 cm³/mol. The van der Waals surface area contributed by atoms with Crippen molar-refractivity contribution in [3.05, 3.63) is 72.3 Å². The lowest BCUT2D eigenvalue weighted by molar-refractivity contribution is -0.136. The smallest absolute Gasteiger partial charge is 0.303 e. The van der Waals surface area contributed by atoms with Gasteiger partial charge in [-0.15, -0.1) is 0 Å². The molecule has 0 aliphatic rings. The van der Waals surface area contributed by atoms with Gasteiger partial charge >= 0.3 is 5.97 Å². The van der Waals surface area contributed by atoms with Gasteiger partial charge in [0.1, 0.15) is 0 Å². The average molecular weight is 315 g/mol. The molecule has 3 heteroatoms. The Labute approximate surface area is 139 Å². The number of aromatic amines is 1. The van der Waals surface area contributed by atoms with Crippen LogP contribution in [0.2, 0.25) is 0 Å². The van der Waals surface area contributed by atoms with Crippen LogP contribution < -0.4 is 0 Å². The minimum atomic E-state index is -0.763. The summed E-state index contributed by atoms with van der Waals surface area (Å²) in [6.45, 7) is 0. The lowest BCUT2D eigenvalue weighted by Gasteiger charge is -2.01. The number of carboxylic acid groups (broad SMARTS) is 1. The Balaban J connectivity index is 1.71. The van der Waals surface area contributed by atoms with Gasteiger partial charge in [-0.3, -0.25) is 4.79 Å². The van der Waals surface area contributed by atoms with E-state index in [4.69, 9.17) is 5.11 Å². The summed E-state index contributed by atoms with van der Waals surface area (Å²) < 4.78 is 0. The van der Waals surface area contributed by atoms with Gasteiger partial charge in [-0.25, -0.2) is 0 Å². The molecule has 0 atom stereocenters. The van der Waals surface area contributed by atoms with Gasteiger partial charge in [0.15, 0.2) is 0 Å². The van der Waals surface area contributed by atoms with Crippen molar-refractivity contribution < 1.29 is 9.90 Å². The number of hydrogen-bond donors (Lipinski definition) is 2. The summed E-state index contributed by atoms with van der Waals surface area (Å²) in [6, 6.07) is 23.0. The summed E-state index contributed by atoms with van der Waals surface area (Å²) in [6.07, 6.45) is 0.717. The van der Waals surface area contributed by atoms with E-state index in [0.29, 0.717) is 6.42 Å². The van der Waals surface area contributed by atoms with E-state index in [1.54, 1.807) is 0 Å². The highest BCUT2D eigenvalue weighted by molar-refractivity contribution is 5.90. The summed E-state index contributed by atoms with van der Waals surface area (Å²) >= 11 is 0. The minimum Gasteiger partial charge on any atom is -0.481 e. The monoisotopic (exact) mass is 315 g/mol. The lowest BCUT2D eigenvalue weighted by Crippen LogP contribution is -1.96. The molecular formula is C21H17NO2. The largest absolute Gasteiger partial charge is 0.481 e. The highest BCUT2D eigenvalue weighted by Crippen LogP contribution is 2.27. The highest BCUT2D eigenvalue weighted by atomic mass is 16.4. The molecule has 0 saturated heterocycles. The van der Waals surface area contributed by atoms with Crippen LogP contribution in [0.1, 0.15) is 12.0 Å². The van der Waals surface area contributed by atoms with E-state index in [-0.39, 0.29) is 6.42 Å². The van der Waals surface area contributed by atoms with Crippen LogP contribution in [0.3, 0.4) is 0 Å². The van der Waals surface area contributed by atoms with Crippen LogP contribution in [0.15, 0.2) is 66.7 Å². The summed E-state index contributed by atoms with van der Waals surface area (Å²) in [5, 5.41) is 12.4. The summed E-state index contributed by atoms with van der Waals surface area (Å²) in [4.78, 5) is 14.2. The predicted octanol–water partition coefficient (Wildman–Crippen LogP) is 5.01. The van der Waals surface area contributed by atoms with E-state index in [0.717, 1.165) is 27.7 Å². The molecule has 0 radical (unpaired) electrons. The average Bonchev–Trinajstić information content (AvgIpc) is 3.03. The lowest BCUT2D eigenvalue weighted by atomic mass is 10.0. The normalized spacial score (nSPS) is 11.2. The highest BCUT2D eigenvalue weighted by Gasteiger charge is 2.06. The number of aromatic nitrogens is 1. The van der Waals surface area contributed by atoms with Gasteiger partial charge in [-0.1, -0.05) is 42.5 Å². The second-order valence-corrected chi connectivity index (χ2v) is 6.06. The quantitative estimate of drug-likeness (QED) is 0.556. The third-order valence-corrected chi connectivity index (χ3v) is 4.37. The number of benzene rings is 3. The molecule has 3 aromatic carbocycles. The molecule has 1 heterocycles. The van der Waals surface area contributed by atoms with Crippen LogP contribution in [-0.2, 0) is 11.2 Å². The Hall–Kier alpha value is -3.07. The van der Waals surface area contributed by atoms with E-state index in [1.165, 1.54) is 10.8 Å². The fourth-order valence-corrected chi connectivity index (χ4v) is 3.10. The number of H-pyrrole nitrogens is 1. The molecule has 0 spiro atoms. The Morgan fingerprint density at radius 3 is 2.54 bits per heavy atom. The van der Waals surface area contributed by atoms with Gasteiger partial charge in [0, 0.05) is 23.0 Å². The SMILES string of the molecule is O=C(O)CCc1ccc2[nH]c(-c3ccc4ccccc4c3)cc2c1. The Morgan fingerprint density at radius 2 is 1.71 bits per heavy atom. The molecule has 4 aromatic rings. The van der Waals surface area contributed by atoms with Crippen molar-refractivity contribution in [1.82, 2.24) is 4.98 Å². The maximum Gasteiger partial charge on any atom is 0.303 e.